The van der Waals surface area contributed by atoms with Crippen LogP contribution >= 0.6 is 11.8 Å². The van der Waals surface area contributed by atoms with E-state index < -0.39 is 0 Å². The molecule has 0 fully saturated rings. The molecule has 3 heteroatoms. The van der Waals surface area contributed by atoms with Crippen LogP contribution in [0.3, 0.4) is 0 Å². The maximum atomic E-state index is 6.28. The normalized spacial score (nSPS) is 12.7. The van der Waals surface area contributed by atoms with Crippen molar-refractivity contribution in [2.45, 2.75) is 24.8 Å². The third-order valence-corrected chi connectivity index (χ3v) is 4.86. The Hall–Kier alpha value is -1.71. The van der Waals surface area contributed by atoms with Crippen LogP contribution in [0, 0.1) is 13.8 Å². The van der Waals surface area contributed by atoms with Crippen LogP contribution in [0.25, 0.3) is 11.0 Å². The van der Waals surface area contributed by atoms with Crippen molar-refractivity contribution in [3.63, 3.8) is 0 Å². The monoisotopic (exact) mass is 297 g/mol. The van der Waals surface area contributed by atoms with Gasteiger partial charge in [-0.25, -0.2) is 0 Å². The standard InChI is InChI=1S/C18H19NOS/c1-12-7-8-16-14(9-12)10-17(20-16)15(19)11-21-18-6-4-3-5-13(18)2/h3-10,15H,11,19H2,1-2H3. The zero-order valence-corrected chi connectivity index (χ0v) is 13.1. The first kappa shape index (κ1) is 14.2. The van der Waals surface area contributed by atoms with Crippen LogP contribution < -0.4 is 5.73 Å². The Morgan fingerprint density at radius 3 is 2.71 bits per heavy atom. The van der Waals surface area contributed by atoms with Gasteiger partial charge < -0.3 is 10.2 Å². The third kappa shape index (κ3) is 3.14. The van der Waals surface area contributed by atoms with Gasteiger partial charge in [-0.2, -0.15) is 0 Å². The van der Waals surface area contributed by atoms with Gasteiger partial charge in [-0.15, -0.1) is 11.8 Å². The van der Waals surface area contributed by atoms with E-state index in [1.807, 2.05) is 6.07 Å². The quantitative estimate of drug-likeness (QED) is 0.700. The highest BCUT2D eigenvalue weighted by molar-refractivity contribution is 7.99. The van der Waals surface area contributed by atoms with E-state index in [0.29, 0.717) is 0 Å². The van der Waals surface area contributed by atoms with Crippen molar-refractivity contribution in [2.75, 3.05) is 5.75 Å². The van der Waals surface area contributed by atoms with E-state index in [2.05, 4.69) is 56.3 Å². The second-order valence-electron chi connectivity index (χ2n) is 5.37. The summed E-state index contributed by atoms with van der Waals surface area (Å²) in [6.45, 7) is 4.21. The van der Waals surface area contributed by atoms with Gasteiger partial charge in [-0.3, -0.25) is 0 Å². The lowest BCUT2D eigenvalue weighted by Crippen LogP contribution is -2.11. The molecule has 1 heterocycles. The van der Waals surface area contributed by atoms with Crippen LogP contribution in [0.15, 0.2) is 57.8 Å². The number of hydrogen-bond acceptors (Lipinski definition) is 3. The van der Waals surface area contributed by atoms with Gasteiger partial charge in [0.15, 0.2) is 0 Å². The zero-order valence-electron chi connectivity index (χ0n) is 12.3. The molecule has 108 valence electrons. The van der Waals surface area contributed by atoms with E-state index in [9.17, 15) is 0 Å². The Kier molecular flexibility index (Phi) is 4.04. The molecule has 0 saturated carbocycles. The van der Waals surface area contributed by atoms with Gasteiger partial charge in [0.05, 0.1) is 6.04 Å². The van der Waals surface area contributed by atoms with Crippen molar-refractivity contribution >= 4 is 22.7 Å². The van der Waals surface area contributed by atoms with E-state index in [1.165, 1.54) is 16.0 Å². The van der Waals surface area contributed by atoms with Crippen LogP contribution in [0.2, 0.25) is 0 Å². The van der Waals surface area contributed by atoms with Crippen LogP contribution in [0.1, 0.15) is 22.9 Å². The molecule has 0 spiro atoms. The zero-order chi connectivity index (χ0) is 14.8. The Bertz CT molecular complexity index is 763. The predicted molar refractivity (Wildman–Crippen MR) is 89.8 cm³/mol. The summed E-state index contributed by atoms with van der Waals surface area (Å²) in [6, 6.07) is 16.5. The molecular weight excluding hydrogens is 278 g/mol. The Morgan fingerprint density at radius 1 is 1.10 bits per heavy atom. The highest BCUT2D eigenvalue weighted by Gasteiger charge is 2.13. The first-order chi connectivity index (χ1) is 10.1. The van der Waals surface area contributed by atoms with Crippen molar-refractivity contribution in [2.24, 2.45) is 5.73 Å². The van der Waals surface area contributed by atoms with Crippen LogP contribution in [0.5, 0.6) is 0 Å². The summed E-state index contributed by atoms with van der Waals surface area (Å²) in [7, 11) is 0. The molecule has 1 unspecified atom stereocenters. The van der Waals surface area contributed by atoms with Gasteiger partial charge in [-0.05, 0) is 43.7 Å². The van der Waals surface area contributed by atoms with E-state index in [1.54, 1.807) is 11.8 Å². The van der Waals surface area contributed by atoms with Crippen molar-refractivity contribution in [3.05, 3.63) is 65.4 Å². The fourth-order valence-electron chi connectivity index (χ4n) is 2.35. The van der Waals surface area contributed by atoms with Gasteiger partial charge in [0.25, 0.3) is 0 Å². The molecule has 0 bridgehead atoms. The molecule has 0 amide bonds. The topological polar surface area (TPSA) is 39.2 Å². The molecule has 1 atom stereocenters. The molecule has 3 rings (SSSR count). The van der Waals surface area contributed by atoms with E-state index in [0.717, 1.165) is 22.5 Å². The number of rotatable bonds is 4. The molecule has 21 heavy (non-hydrogen) atoms. The van der Waals surface area contributed by atoms with Gasteiger partial charge in [0.1, 0.15) is 11.3 Å². The molecule has 0 aliphatic carbocycles. The predicted octanol–water partition coefficient (Wildman–Crippen LogP) is 4.84. The van der Waals surface area contributed by atoms with Crippen molar-refractivity contribution in [1.82, 2.24) is 0 Å². The number of hydrogen-bond donors (Lipinski definition) is 1. The van der Waals surface area contributed by atoms with Gasteiger partial charge >= 0.3 is 0 Å². The Morgan fingerprint density at radius 2 is 1.90 bits per heavy atom. The summed E-state index contributed by atoms with van der Waals surface area (Å²) in [5.41, 5.74) is 9.71. The smallest absolute Gasteiger partial charge is 0.134 e. The van der Waals surface area contributed by atoms with Gasteiger partial charge in [0, 0.05) is 16.0 Å². The fraction of sp³-hybridized carbons (Fsp3) is 0.222. The molecule has 2 N–H and O–H groups in total. The highest BCUT2D eigenvalue weighted by Crippen LogP contribution is 2.29. The molecular formula is C18H19NOS. The molecule has 2 nitrogen and oxygen atoms in total. The minimum absolute atomic E-state index is 0.0951. The average molecular weight is 297 g/mol. The first-order valence-corrected chi connectivity index (χ1v) is 8.06. The number of benzene rings is 2. The maximum absolute atomic E-state index is 6.28. The Labute approximate surface area is 129 Å². The van der Waals surface area contributed by atoms with Gasteiger partial charge in [-0.1, -0.05) is 29.8 Å². The van der Waals surface area contributed by atoms with Crippen molar-refractivity contribution in [3.8, 4) is 0 Å². The summed E-state index contributed by atoms with van der Waals surface area (Å²) in [4.78, 5) is 1.28. The summed E-state index contributed by atoms with van der Waals surface area (Å²) >= 11 is 1.78. The second kappa shape index (κ2) is 5.96. The molecule has 0 radical (unpaired) electrons. The number of nitrogens with two attached hydrogens (primary N) is 1. The highest BCUT2D eigenvalue weighted by atomic mass is 32.2. The van der Waals surface area contributed by atoms with E-state index in [-0.39, 0.29) is 6.04 Å². The molecule has 0 saturated heterocycles. The summed E-state index contributed by atoms with van der Waals surface area (Å²) in [5.74, 6) is 1.67. The molecule has 0 aliphatic heterocycles. The average Bonchev–Trinajstić information content (AvgIpc) is 2.89. The number of furan rings is 1. The third-order valence-electron chi connectivity index (χ3n) is 3.57. The minimum atomic E-state index is -0.0951. The fourth-order valence-corrected chi connectivity index (χ4v) is 3.34. The molecule has 1 aromatic heterocycles. The number of thioether (sulfide) groups is 1. The van der Waals surface area contributed by atoms with Crippen LogP contribution in [-0.2, 0) is 0 Å². The lowest BCUT2D eigenvalue weighted by atomic mass is 10.2. The lowest BCUT2D eigenvalue weighted by molar-refractivity contribution is 0.516. The van der Waals surface area contributed by atoms with Crippen LogP contribution in [-0.4, -0.2) is 5.75 Å². The SMILES string of the molecule is Cc1ccc2oc(C(N)CSc3ccccc3C)cc2c1. The van der Waals surface area contributed by atoms with E-state index >= 15 is 0 Å². The molecule has 3 aromatic rings. The maximum Gasteiger partial charge on any atom is 0.134 e. The second-order valence-corrected chi connectivity index (χ2v) is 6.43. The summed E-state index contributed by atoms with van der Waals surface area (Å²) < 4.78 is 5.87. The van der Waals surface area contributed by atoms with E-state index in [4.69, 9.17) is 10.2 Å². The van der Waals surface area contributed by atoms with Crippen molar-refractivity contribution < 1.29 is 4.42 Å². The molecule has 0 aliphatic rings. The number of aryl methyl sites for hydroxylation is 2. The lowest BCUT2D eigenvalue weighted by Gasteiger charge is -2.09. The van der Waals surface area contributed by atoms with Crippen LogP contribution in [0.4, 0.5) is 0 Å². The Balaban J connectivity index is 1.75. The molecule has 2 aromatic carbocycles. The largest absolute Gasteiger partial charge is 0.459 e. The summed E-state index contributed by atoms with van der Waals surface area (Å²) in [5, 5.41) is 1.13. The summed E-state index contributed by atoms with van der Waals surface area (Å²) in [6.07, 6.45) is 0. The first-order valence-electron chi connectivity index (χ1n) is 7.07. The minimum Gasteiger partial charge on any atom is -0.459 e. The number of fused-ring (bicyclic) bond motifs is 1. The van der Waals surface area contributed by atoms with Crippen molar-refractivity contribution in [1.29, 1.82) is 0 Å². The van der Waals surface area contributed by atoms with Gasteiger partial charge in [0.2, 0.25) is 0 Å².